The normalized spacial score (nSPS) is 11.2. The van der Waals surface area contributed by atoms with Crippen molar-refractivity contribution in [1.29, 1.82) is 0 Å². The molecule has 0 aliphatic carbocycles. The van der Waals surface area contributed by atoms with E-state index in [0.29, 0.717) is 17.6 Å². The first-order valence-electron chi connectivity index (χ1n) is 11.3. The molecule has 2 heterocycles. The van der Waals surface area contributed by atoms with Gasteiger partial charge in [0.1, 0.15) is 0 Å². The molecule has 0 amide bonds. The first-order valence-corrected chi connectivity index (χ1v) is 11.3. The lowest BCUT2D eigenvalue weighted by atomic mass is 10.1. The molecule has 2 aromatic heterocycles. The smallest absolute Gasteiger partial charge is 0.238 e. The molecule has 0 saturated heterocycles. The maximum atomic E-state index is 4.95. The van der Waals surface area contributed by atoms with Gasteiger partial charge in [0.05, 0.1) is 11.0 Å². The Morgan fingerprint density at radius 3 is 1.79 bits per heavy atom. The molecule has 0 fully saturated rings. The molecule has 0 atom stereocenters. The molecule has 4 nitrogen and oxygen atoms in total. The summed E-state index contributed by atoms with van der Waals surface area (Å²) in [5, 5.41) is 2.31. The van der Waals surface area contributed by atoms with E-state index in [9.17, 15) is 0 Å². The zero-order valence-electron chi connectivity index (χ0n) is 18.8. The predicted molar refractivity (Wildman–Crippen MR) is 140 cm³/mol. The molecule has 0 N–H and O–H groups in total. The van der Waals surface area contributed by atoms with Crippen LogP contribution in [0, 0.1) is 0 Å². The van der Waals surface area contributed by atoms with Crippen LogP contribution in [0.15, 0.2) is 110 Å². The van der Waals surface area contributed by atoms with E-state index in [0.717, 1.165) is 44.1 Å². The summed E-state index contributed by atoms with van der Waals surface area (Å²) >= 11 is 0. The molecule has 6 rings (SSSR count). The van der Waals surface area contributed by atoms with Crippen LogP contribution in [0.1, 0.15) is 12.5 Å². The molecule has 0 aliphatic rings. The van der Waals surface area contributed by atoms with Gasteiger partial charge in [0.2, 0.25) is 5.95 Å². The molecule has 4 heteroatoms. The van der Waals surface area contributed by atoms with Crippen molar-refractivity contribution in [3.63, 3.8) is 0 Å². The molecule has 0 unspecified atom stereocenters. The summed E-state index contributed by atoms with van der Waals surface area (Å²) in [6.45, 7) is 6.16. The van der Waals surface area contributed by atoms with Gasteiger partial charge in [-0.05, 0) is 30.7 Å². The van der Waals surface area contributed by atoms with E-state index >= 15 is 0 Å². The van der Waals surface area contributed by atoms with Crippen molar-refractivity contribution in [2.45, 2.75) is 6.92 Å². The summed E-state index contributed by atoms with van der Waals surface area (Å²) in [6, 6.07) is 34.9. The van der Waals surface area contributed by atoms with Crippen molar-refractivity contribution < 1.29 is 0 Å². The number of aromatic nitrogens is 4. The van der Waals surface area contributed by atoms with Crippen molar-refractivity contribution in [3.05, 3.63) is 115 Å². The lowest BCUT2D eigenvalue weighted by molar-refractivity contribution is 0.953. The maximum absolute atomic E-state index is 4.95. The van der Waals surface area contributed by atoms with Crippen LogP contribution in [-0.2, 0) is 0 Å². The molecule has 162 valence electrons. The third kappa shape index (κ3) is 3.37. The topological polar surface area (TPSA) is 43.6 Å². The Kier molecular flexibility index (Phi) is 4.77. The van der Waals surface area contributed by atoms with Gasteiger partial charge in [0, 0.05) is 21.9 Å². The summed E-state index contributed by atoms with van der Waals surface area (Å²) in [5.74, 6) is 1.89. The van der Waals surface area contributed by atoms with Crippen LogP contribution in [0.25, 0.3) is 56.1 Å². The number of rotatable bonds is 4. The molecule has 0 bridgehead atoms. The average molecular weight is 439 g/mol. The SMILES string of the molecule is C=C(C)c1ccc2c(c1)c1ccccc1n2-c1nc(-c2ccccc2)nc(-c2ccccc2)n1. The molecule has 0 radical (unpaired) electrons. The first kappa shape index (κ1) is 20.1. The van der Waals surface area contributed by atoms with E-state index < -0.39 is 0 Å². The zero-order valence-corrected chi connectivity index (χ0v) is 18.8. The highest BCUT2D eigenvalue weighted by Crippen LogP contribution is 2.33. The van der Waals surface area contributed by atoms with Crippen molar-refractivity contribution in [2.24, 2.45) is 0 Å². The van der Waals surface area contributed by atoms with Crippen LogP contribution in [0.2, 0.25) is 0 Å². The minimum absolute atomic E-state index is 0.599. The van der Waals surface area contributed by atoms with E-state index in [1.165, 1.54) is 0 Å². The highest BCUT2D eigenvalue weighted by atomic mass is 15.2. The second-order valence-corrected chi connectivity index (χ2v) is 8.38. The van der Waals surface area contributed by atoms with Gasteiger partial charge < -0.3 is 0 Å². The quantitative estimate of drug-likeness (QED) is 0.289. The monoisotopic (exact) mass is 438 g/mol. The number of allylic oxidation sites excluding steroid dienone is 1. The minimum atomic E-state index is 0.599. The predicted octanol–water partition coefficient (Wildman–Crippen LogP) is 7.34. The van der Waals surface area contributed by atoms with Crippen LogP contribution in [-0.4, -0.2) is 19.5 Å². The second-order valence-electron chi connectivity index (χ2n) is 8.38. The van der Waals surface area contributed by atoms with Crippen LogP contribution in [0.4, 0.5) is 0 Å². The highest BCUT2D eigenvalue weighted by Gasteiger charge is 2.17. The fourth-order valence-electron chi connectivity index (χ4n) is 4.35. The van der Waals surface area contributed by atoms with E-state index in [4.69, 9.17) is 15.0 Å². The molecule has 0 saturated carbocycles. The third-order valence-corrected chi connectivity index (χ3v) is 6.05. The second kappa shape index (κ2) is 8.09. The van der Waals surface area contributed by atoms with Gasteiger partial charge >= 0.3 is 0 Å². The van der Waals surface area contributed by atoms with Crippen LogP contribution in [0.5, 0.6) is 0 Å². The van der Waals surface area contributed by atoms with Gasteiger partial charge in [0.25, 0.3) is 0 Å². The largest absolute Gasteiger partial charge is 0.278 e. The van der Waals surface area contributed by atoms with Crippen LogP contribution in [0.3, 0.4) is 0 Å². The van der Waals surface area contributed by atoms with E-state index in [-0.39, 0.29) is 0 Å². The summed E-state index contributed by atoms with van der Waals surface area (Å²) in [5.41, 5.74) is 6.18. The number of hydrogen-bond donors (Lipinski definition) is 0. The zero-order chi connectivity index (χ0) is 23.1. The van der Waals surface area contributed by atoms with Gasteiger partial charge in [-0.2, -0.15) is 9.97 Å². The lowest BCUT2D eigenvalue weighted by Crippen LogP contribution is -2.06. The summed E-state index contributed by atoms with van der Waals surface area (Å²) in [7, 11) is 0. The molecular weight excluding hydrogens is 416 g/mol. The van der Waals surface area contributed by atoms with E-state index in [1.807, 2.05) is 67.6 Å². The number of para-hydroxylation sites is 1. The Labute approximate surface area is 197 Å². The minimum Gasteiger partial charge on any atom is -0.278 e. The Hall–Kier alpha value is -4.57. The fraction of sp³-hybridized carbons (Fsp3) is 0.0333. The molecule has 4 aromatic carbocycles. The number of benzene rings is 4. The number of fused-ring (bicyclic) bond motifs is 3. The fourth-order valence-corrected chi connectivity index (χ4v) is 4.35. The lowest BCUT2D eigenvalue weighted by Gasteiger charge is -2.11. The summed E-state index contributed by atoms with van der Waals surface area (Å²) in [4.78, 5) is 14.7. The Morgan fingerprint density at radius 1 is 0.618 bits per heavy atom. The van der Waals surface area contributed by atoms with Crippen molar-refractivity contribution >= 4 is 27.4 Å². The van der Waals surface area contributed by atoms with Crippen LogP contribution < -0.4 is 0 Å². The summed E-state index contributed by atoms with van der Waals surface area (Å²) in [6.07, 6.45) is 0. The Balaban J connectivity index is 1.68. The van der Waals surface area contributed by atoms with Gasteiger partial charge in [-0.3, -0.25) is 4.57 Å². The first-order chi connectivity index (χ1) is 16.7. The Bertz CT molecular complexity index is 1610. The third-order valence-electron chi connectivity index (χ3n) is 6.05. The summed E-state index contributed by atoms with van der Waals surface area (Å²) < 4.78 is 2.13. The number of nitrogens with zero attached hydrogens (tertiary/aromatic N) is 4. The average Bonchev–Trinajstić information content (AvgIpc) is 3.23. The van der Waals surface area contributed by atoms with E-state index in [2.05, 4.69) is 53.6 Å². The van der Waals surface area contributed by atoms with Crippen molar-refractivity contribution in [2.75, 3.05) is 0 Å². The number of hydrogen-bond acceptors (Lipinski definition) is 3. The molecule has 34 heavy (non-hydrogen) atoms. The van der Waals surface area contributed by atoms with Gasteiger partial charge in [-0.25, -0.2) is 4.98 Å². The highest BCUT2D eigenvalue weighted by molar-refractivity contribution is 6.09. The van der Waals surface area contributed by atoms with E-state index in [1.54, 1.807) is 0 Å². The van der Waals surface area contributed by atoms with Gasteiger partial charge in [-0.15, -0.1) is 0 Å². The van der Waals surface area contributed by atoms with Crippen LogP contribution >= 0.6 is 0 Å². The van der Waals surface area contributed by atoms with Crippen molar-refractivity contribution in [3.8, 4) is 28.7 Å². The standard InChI is InChI=1S/C30H22N4/c1-20(2)23-17-18-27-25(19-23)24-15-9-10-16-26(24)34(27)30-32-28(21-11-5-3-6-12-21)31-29(33-30)22-13-7-4-8-14-22/h3-19H,1H2,2H3. The molecule has 0 aliphatic heterocycles. The molecule has 6 aromatic rings. The Morgan fingerprint density at radius 2 is 1.18 bits per heavy atom. The van der Waals surface area contributed by atoms with Gasteiger partial charge in [0.15, 0.2) is 11.6 Å². The van der Waals surface area contributed by atoms with Gasteiger partial charge in [-0.1, -0.05) is 97.1 Å². The molecule has 0 spiro atoms. The van der Waals surface area contributed by atoms with Crippen molar-refractivity contribution in [1.82, 2.24) is 19.5 Å². The maximum Gasteiger partial charge on any atom is 0.238 e. The molecular formula is C30H22N4.